The number of allylic oxidation sites excluding steroid dienone is 4. The normalized spacial score (nSPS) is 20.7. The number of hydrogen-bond acceptors (Lipinski definition) is 7. The molecular weight excluding hydrogens is 765 g/mol. The van der Waals surface area contributed by atoms with Crippen molar-refractivity contribution >= 4 is 66.8 Å². The van der Waals surface area contributed by atoms with Crippen LogP contribution >= 0.6 is 45.3 Å². The maximum absolute atomic E-state index is 11.7. The lowest BCUT2D eigenvalue weighted by molar-refractivity contribution is -0.132. The second kappa shape index (κ2) is 19.4. The zero-order valence-corrected chi connectivity index (χ0v) is 36.5. The summed E-state index contributed by atoms with van der Waals surface area (Å²) < 4.78 is 2.34. The average Bonchev–Trinajstić information content (AvgIpc) is 3.99. The molecule has 1 N–H and O–H groups in total. The summed E-state index contributed by atoms with van der Waals surface area (Å²) in [6, 6.07) is 12.3. The summed E-state index contributed by atoms with van der Waals surface area (Å²) in [5.41, 5.74) is 4.82. The van der Waals surface area contributed by atoms with E-state index in [0.717, 1.165) is 30.7 Å². The van der Waals surface area contributed by atoms with Crippen LogP contribution in [0.4, 0.5) is 0 Å². The molecule has 0 spiro atoms. The molecule has 4 aromatic rings. The summed E-state index contributed by atoms with van der Waals surface area (Å²) in [6.07, 6.45) is 34.3. The van der Waals surface area contributed by atoms with Crippen molar-refractivity contribution in [2.45, 2.75) is 129 Å². The number of carboxylic acid groups (broad SMARTS) is 1. The first-order valence-electron chi connectivity index (χ1n) is 21.0. The predicted octanol–water partition coefficient (Wildman–Crippen LogP) is 14.6. The lowest BCUT2D eigenvalue weighted by atomic mass is 9.68. The molecule has 8 heteroatoms. The fourth-order valence-electron chi connectivity index (χ4n) is 8.86. The highest BCUT2D eigenvalue weighted by molar-refractivity contribution is 7.32. The van der Waals surface area contributed by atoms with E-state index < -0.39 is 5.97 Å². The number of nitrogens with zero attached hydrogens (tertiary/aromatic N) is 2. The number of unbranched alkanes of at least 4 members (excludes halogenated alkanes) is 7. The van der Waals surface area contributed by atoms with Crippen molar-refractivity contribution in [2.75, 3.05) is 6.54 Å². The molecule has 2 aliphatic carbocycles. The van der Waals surface area contributed by atoms with E-state index in [4.69, 9.17) is 5.26 Å². The van der Waals surface area contributed by atoms with Gasteiger partial charge < -0.3 is 5.11 Å². The Morgan fingerprint density at radius 2 is 1.54 bits per heavy atom. The van der Waals surface area contributed by atoms with E-state index in [-0.39, 0.29) is 12.0 Å². The van der Waals surface area contributed by atoms with Gasteiger partial charge in [0.25, 0.3) is 0 Å². The second-order valence-electron chi connectivity index (χ2n) is 15.6. The van der Waals surface area contributed by atoms with Crippen LogP contribution in [0.5, 0.6) is 0 Å². The molecular formula is C48H56N2O2S4. The molecule has 56 heavy (non-hydrogen) atoms. The topological polar surface area (TPSA) is 64.3 Å². The van der Waals surface area contributed by atoms with Crippen molar-refractivity contribution in [3.63, 3.8) is 0 Å². The highest BCUT2D eigenvalue weighted by atomic mass is 32.1. The van der Waals surface area contributed by atoms with Crippen molar-refractivity contribution in [1.82, 2.24) is 4.90 Å². The molecule has 7 rings (SSSR count). The maximum Gasteiger partial charge on any atom is 0.332 e. The van der Waals surface area contributed by atoms with Crippen molar-refractivity contribution < 1.29 is 9.90 Å². The molecule has 1 fully saturated rings. The van der Waals surface area contributed by atoms with Crippen LogP contribution in [0.25, 0.3) is 35.0 Å². The number of nitriles is 1. The quantitative estimate of drug-likeness (QED) is 0.0756. The fourth-order valence-corrected chi connectivity index (χ4v) is 14.1. The van der Waals surface area contributed by atoms with Gasteiger partial charge in [-0.3, -0.25) is 4.90 Å². The summed E-state index contributed by atoms with van der Waals surface area (Å²) in [6.45, 7) is 8.07. The molecule has 0 bridgehead atoms. The Morgan fingerprint density at radius 3 is 2.27 bits per heavy atom. The molecule has 3 aliphatic rings. The second-order valence-corrected chi connectivity index (χ2v) is 20.0. The molecule has 1 aliphatic heterocycles. The predicted molar refractivity (Wildman–Crippen MR) is 243 cm³/mol. The molecule has 4 nitrogen and oxygen atoms in total. The van der Waals surface area contributed by atoms with Gasteiger partial charge in [0.1, 0.15) is 0 Å². The van der Waals surface area contributed by atoms with Gasteiger partial charge in [0.2, 0.25) is 0 Å². The Kier molecular flexibility index (Phi) is 14.2. The fraction of sp³-hybridized carbons (Fsp3) is 0.458. The number of fused-ring (bicyclic) bond motifs is 3. The molecule has 294 valence electrons. The first kappa shape index (κ1) is 40.9. The third-order valence-electron chi connectivity index (χ3n) is 11.7. The molecule has 4 atom stereocenters. The van der Waals surface area contributed by atoms with E-state index in [1.165, 1.54) is 98.7 Å². The van der Waals surface area contributed by atoms with Crippen LogP contribution in [0.3, 0.4) is 0 Å². The SMILES string of the molecule is CCCCCCc1cc(-c2cc3sc(/C=C(\CC#N)C(=O)O)cc3s2)sc1-c1cc(CCCCCC)c(C2C3=CC=CCC3N(CCCC)C3C=CC=CC23)s1. The number of carbonyl (C=O) groups is 1. The minimum absolute atomic E-state index is 0.0988. The van der Waals surface area contributed by atoms with E-state index in [1.54, 1.807) is 44.8 Å². The molecule has 0 saturated carbocycles. The van der Waals surface area contributed by atoms with Gasteiger partial charge in [-0.05, 0) is 92.1 Å². The van der Waals surface area contributed by atoms with Crippen LogP contribution < -0.4 is 0 Å². The van der Waals surface area contributed by atoms with E-state index in [9.17, 15) is 9.90 Å². The van der Waals surface area contributed by atoms with Crippen LogP contribution in [0, 0.1) is 17.2 Å². The molecule has 1 saturated heterocycles. The zero-order chi connectivity index (χ0) is 39.0. The lowest BCUT2D eigenvalue weighted by Gasteiger charge is -2.51. The lowest BCUT2D eigenvalue weighted by Crippen LogP contribution is -2.54. The number of thiophene rings is 4. The number of hydrogen-bond donors (Lipinski definition) is 1. The van der Waals surface area contributed by atoms with Crippen molar-refractivity contribution in [2.24, 2.45) is 5.92 Å². The van der Waals surface area contributed by atoms with Crippen LogP contribution in [-0.4, -0.2) is 34.6 Å². The van der Waals surface area contributed by atoms with Gasteiger partial charge in [0.05, 0.1) is 18.1 Å². The van der Waals surface area contributed by atoms with Gasteiger partial charge in [-0.15, -0.1) is 45.3 Å². The standard InChI is InChI=1S/C48H56N2O2S4/c1-4-7-10-12-18-32-28-40(43-31-42-41(54-43)30-35(53-42)27-34(24-25-49)48(51)52)55-46(32)44-29-33(19-13-11-8-5-2)47(56-44)45-36-20-14-16-22-38(36)50(26-9-6-3)39-23-17-15-21-37(39)45/h14-17,20-22,27-31,36,38-39,45H,4-13,18-19,23-24,26H2,1-3H3,(H,51,52)/b34-27+. The first-order valence-corrected chi connectivity index (χ1v) is 24.3. The number of rotatable bonds is 19. The smallest absolute Gasteiger partial charge is 0.332 e. The molecule has 0 amide bonds. The number of aliphatic carboxylic acids is 1. The Bertz CT molecular complexity index is 2140. The van der Waals surface area contributed by atoms with E-state index >= 15 is 0 Å². The van der Waals surface area contributed by atoms with Crippen molar-refractivity contribution in [3.8, 4) is 25.6 Å². The summed E-state index contributed by atoms with van der Waals surface area (Å²) >= 11 is 7.47. The van der Waals surface area contributed by atoms with Gasteiger partial charge in [-0.2, -0.15) is 5.26 Å². The van der Waals surface area contributed by atoms with Gasteiger partial charge in [-0.1, -0.05) is 108 Å². The highest BCUT2D eigenvalue weighted by Gasteiger charge is 2.46. The monoisotopic (exact) mass is 820 g/mol. The maximum atomic E-state index is 11.7. The zero-order valence-electron chi connectivity index (χ0n) is 33.2. The average molecular weight is 821 g/mol. The third kappa shape index (κ3) is 9.03. The van der Waals surface area contributed by atoms with E-state index in [2.05, 4.69) is 104 Å². The van der Waals surface area contributed by atoms with Crippen LogP contribution in [0.1, 0.15) is 125 Å². The Hall–Kier alpha value is -3.32. The van der Waals surface area contributed by atoms with Gasteiger partial charge >= 0.3 is 5.97 Å². The van der Waals surface area contributed by atoms with E-state index in [0.29, 0.717) is 23.9 Å². The minimum Gasteiger partial charge on any atom is -0.478 e. The Labute approximate surface area is 350 Å². The van der Waals surface area contributed by atoms with Crippen molar-refractivity contribution in [1.29, 1.82) is 5.26 Å². The van der Waals surface area contributed by atoms with Crippen molar-refractivity contribution in [3.05, 3.63) is 98.8 Å². The summed E-state index contributed by atoms with van der Waals surface area (Å²) in [4.78, 5) is 22.5. The van der Waals surface area contributed by atoms with Gasteiger partial charge in [0.15, 0.2) is 0 Å². The van der Waals surface area contributed by atoms with Gasteiger partial charge in [0, 0.05) is 62.6 Å². The first-order chi connectivity index (χ1) is 27.4. The largest absolute Gasteiger partial charge is 0.478 e. The minimum atomic E-state index is -1.03. The number of carboxylic acids is 1. The van der Waals surface area contributed by atoms with Crippen LogP contribution in [-0.2, 0) is 17.6 Å². The summed E-state index contributed by atoms with van der Waals surface area (Å²) in [5, 5.41) is 18.7. The highest BCUT2D eigenvalue weighted by Crippen LogP contribution is 2.53. The summed E-state index contributed by atoms with van der Waals surface area (Å²) in [5.74, 6) is -0.202. The molecule has 4 aromatic heterocycles. The molecule has 0 radical (unpaired) electrons. The van der Waals surface area contributed by atoms with Crippen LogP contribution in [0.2, 0.25) is 0 Å². The number of aryl methyl sites for hydroxylation is 2. The Balaban J connectivity index is 1.28. The third-order valence-corrected chi connectivity index (χ3v) is 16.8. The molecule has 4 unspecified atom stereocenters. The number of likely N-dealkylation sites (tertiary alicyclic amines) is 1. The molecule has 5 heterocycles. The molecule has 0 aromatic carbocycles. The summed E-state index contributed by atoms with van der Waals surface area (Å²) in [7, 11) is 0. The van der Waals surface area contributed by atoms with E-state index in [1.807, 2.05) is 17.4 Å². The van der Waals surface area contributed by atoms with Gasteiger partial charge in [-0.25, -0.2) is 4.79 Å². The van der Waals surface area contributed by atoms with Crippen LogP contribution in [0.15, 0.2) is 77.9 Å². The number of piperidine rings is 1. The Morgan fingerprint density at radius 1 is 0.821 bits per heavy atom.